The average molecular weight is 217 g/mol. The maximum absolute atomic E-state index is 6.16. The summed E-state index contributed by atoms with van der Waals surface area (Å²) in [5.41, 5.74) is 1.33. The van der Waals surface area contributed by atoms with E-state index in [1.807, 2.05) is 0 Å². The zero-order chi connectivity index (χ0) is 10.8. The van der Waals surface area contributed by atoms with E-state index in [1.54, 1.807) is 0 Å². The van der Waals surface area contributed by atoms with Gasteiger partial charge in [0.1, 0.15) is 6.23 Å². The van der Waals surface area contributed by atoms with Gasteiger partial charge < -0.3 is 4.74 Å². The summed E-state index contributed by atoms with van der Waals surface area (Å²) in [6.07, 6.45) is 5.91. The molecule has 2 nitrogen and oxygen atoms in total. The standard InChI is InChI=1S/C14H19NO/c1-3-7-12(8-4-1)13-11-15-10-6-2-5-9-14(15)16-13/h1,3-4,7-8,13-14H,2,5-6,9-11H2. The zero-order valence-corrected chi connectivity index (χ0v) is 9.64. The topological polar surface area (TPSA) is 12.5 Å². The second-order valence-corrected chi connectivity index (χ2v) is 4.83. The molecule has 16 heavy (non-hydrogen) atoms. The van der Waals surface area contributed by atoms with Gasteiger partial charge in [-0.15, -0.1) is 0 Å². The second-order valence-electron chi connectivity index (χ2n) is 4.83. The van der Waals surface area contributed by atoms with Gasteiger partial charge in [0.2, 0.25) is 0 Å². The molecule has 0 aliphatic carbocycles. The number of nitrogens with zero attached hydrogens (tertiary/aromatic N) is 1. The molecule has 1 aromatic rings. The van der Waals surface area contributed by atoms with Crippen LogP contribution in [0.1, 0.15) is 37.4 Å². The van der Waals surface area contributed by atoms with Crippen LogP contribution in [0.4, 0.5) is 0 Å². The summed E-state index contributed by atoms with van der Waals surface area (Å²) in [5.74, 6) is 0. The molecule has 1 aromatic carbocycles. The highest BCUT2D eigenvalue weighted by atomic mass is 16.5. The lowest BCUT2D eigenvalue weighted by Crippen LogP contribution is -2.29. The van der Waals surface area contributed by atoms with Gasteiger partial charge >= 0.3 is 0 Å². The molecule has 2 saturated heterocycles. The number of fused-ring (bicyclic) bond motifs is 1. The first-order chi connectivity index (χ1) is 7.93. The molecule has 2 aliphatic heterocycles. The Morgan fingerprint density at radius 3 is 2.81 bits per heavy atom. The molecule has 2 fully saturated rings. The summed E-state index contributed by atoms with van der Waals surface area (Å²) in [6.45, 7) is 2.29. The summed E-state index contributed by atoms with van der Waals surface area (Å²) in [6, 6.07) is 10.6. The Balaban J connectivity index is 1.73. The molecule has 0 spiro atoms. The van der Waals surface area contributed by atoms with Crippen LogP contribution < -0.4 is 0 Å². The van der Waals surface area contributed by atoms with E-state index in [2.05, 4.69) is 35.2 Å². The molecule has 2 heterocycles. The molecule has 2 unspecified atom stereocenters. The van der Waals surface area contributed by atoms with Crippen LogP contribution >= 0.6 is 0 Å². The third-order valence-electron chi connectivity index (χ3n) is 3.70. The van der Waals surface area contributed by atoms with E-state index in [1.165, 1.54) is 37.8 Å². The van der Waals surface area contributed by atoms with Crippen molar-refractivity contribution in [3.8, 4) is 0 Å². The lowest BCUT2D eigenvalue weighted by Gasteiger charge is -2.18. The van der Waals surface area contributed by atoms with Crippen molar-refractivity contribution in [1.82, 2.24) is 4.90 Å². The predicted octanol–water partition coefficient (Wildman–Crippen LogP) is 2.96. The number of ether oxygens (including phenoxy) is 1. The van der Waals surface area contributed by atoms with E-state index in [0.29, 0.717) is 12.3 Å². The van der Waals surface area contributed by atoms with Crippen molar-refractivity contribution in [3.05, 3.63) is 35.9 Å². The molecule has 0 amide bonds. The normalized spacial score (nSPS) is 31.0. The van der Waals surface area contributed by atoms with Gasteiger partial charge in [0.25, 0.3) is 0 Å². The van der Waals surface area contributed by atoms with Crippen molar-refractivity contribution < 1.29 is 4.74 Å². The van der Waals surface area contributed by atoms with Gasteiger partial charge in [0, 0.05) is 13.1 Å². The molecule has 2 aliphatic rings. The Labute approximate surface area is 97.2 Å². The highest BCUT2D eigenvalue weighted by molar-refractivity contribution is 5.18. The van der Waals surface area contributed by atoms with Crippen LogP contribution in [0.3, 0.4) is 0 Å². The van der Waals surface area contributed by atoms with Crippen LogP contribution in [0.2, 0.25) is 0 Å². The van der Waals surface area contributed by atoms with Crippen LogP contribution in [0, 0.1) is 0 Å². The largest absolute Gasteiger partial charge is 0.354 e. The van der Waals surface area contributed by atoms with Gasteiger partial charge in [0.15, 0.2) is 0 Å². The Kier molecular flexibility index (Phi) is 2.94. The Morgan fingerprint density at radius 1 is 1.06 bits per heavy atom. The van der Waals surface area contributed by atoms with Crippen molar-refractivity contribution in [1.29, 1.82) is 0 Å². The van der Waals surface area contributed by atoms with Crippen LogP contribution in [0.15, 0.2) is 30.3 Å². The van der Waals surface area contributed by atoms with E-state index in [-0.39, 0.29) is 0 Å². The quantitative estimate of drug-likeness (QED) is 0.717. The highest BCUT2D eigenvalue weighted by Gasteiger charge is 2.33. The summed E-state index contributed by atoms with van der Waals surface area (Å²) >= 11 is 0. The van der Waals surface area contributed by atoms with Crippen LogP contribution in [-0.4, -0.2) is 24.2 Å². The summed E-state index contributed by atoms with van der Waals surface area (Å²) < 4.78 is 6.16. The van der Waals surface area contributed by atoms with Gasteiger partial charge in [-0.1, -0.05) is 36.8 Å². The van der Waals surface area contributed by atoms with E-state index < -0.39 is 0 Å². The van der Waals surface area contributed by atoms with Crippen molar-refractivity contribution in [3.63, 3.8) is 0 Å². The van der Waals surface area contributed by atoms with Gasteiger partial charge in [-0.2, -0.15) is 0 Å². The minimum absolute atomic E-state index is 0.296. The van der Waals surface area contributed by atoms with Crippen LogP contribution in [0.25, 0.3) is 0 Å². The Morgan fingerprint density at radius 2 is 1.94 bits per heavy atom. The van der Waals surface area contributed by atoms with Crippen molar-refractivity contribution in [2.75, 3.05) is 13.1 Å². The molecule has 0 aromatic heterocycles. The SMILES string of the molecule is c1ccc(C2CN3CCCCCC3O2)cc1. The van der Waals surface area contributed by atoms with Crippen molar-refractivity contribution in [2.24, 2.45) is 0 Å². The fourth-order valence-electron chi connectivity index (χ4n) is 2.80. The van der Waals surface area contributed by atoms with Crippen molar-refractivity contribution >= 4 is 0 Å². The number of hydrogen-bond acceptors (Lipinski definition) is 2. The minimum Gasteiger partial charge on any atom is -0.354 e. The summed E-state index contributed by atoms with van der Waals surface area (Å²) in [5, 5.41) is 0. The smallest absolute Gasteiger partial charge is 0.111 e. The molecule has 86 valence electrons. The zero-order valence-electron chi connectivity index (χ0n) is 9.64. The van der Waals surface area contributed by atoms with E-state index >= 15 is 0 Å². The first-order valence-electron chi connectivity index (χ1n) is 6.38. The molecule has 3 rings (SSSR count). The van der Waals surface area contributed by atoms with Crippen LogP contribution in [-0.2, 0) is 4.74 Å². The van der Waals surface area contributed by atoms with E-state index in [9.17, 15) is 0 Å². The lowest BCUT2D eigenvalue weighted by molar-refractivity contribution is -0.00164. The molecule has 0 N–H and O–H groups in total. The fourth-order valence-corrected chi connectivity index (χ4v) is 2.80. The third kappa shape index (κ3) is 2.00. The van der Waals surface area contributed by atoms with Gasteiger partial charge in [-0.3, -0.25) is 4.90 Å². The van der Waals surface area contributed by atoms with Gasteiger partial charge in [-0.05, 0) is 24.8 Å². The maximum atomic E-state index is 6.16. The monoisotopic (exact) mass is 217 g/mol. The van der Waals surface area contributed by atoms with E-state index in [4.69, 9.17) is 4.74 Å². The Bertz CT molecular complexity index is 324. The second kappa shape index (κ2) is 4.56. The van der Waals surface area contributed by atoms with Crippen molar-refractivity contribution in [2.45, 2.75) is 38.0 Å². The number of rotatable bonds is 1. The number of hydrogen-bond donors (Lipinski definition) is 0. The summed E-state index contributed by atoms with van der Waals surface area (Å²) in [4.78, 5) is 2.52. The van der Waals surface area contributed by atoms with Gasteiger partial charge in [0.05, 0.1) is 6.10 Å². The molecular formula is C14H19NO. The average Bonchev–Trinajstić information content (AvgIpc) is 2.62. The first kappa shape index (κ1) is 10.3. The third-order valence-corrected chi connectivity index (χ3v) is 3.70. The molecule has 0 bridgehead atoms. The number of benzene rings is 1. The highest BCUT2D eigenvalue weighted by Crippen LogP contribution is 2.32. The van der Waals surface area contributed by atoms with Crippen LogP contribution in [0.5, 0.6) is 0 Å². The minimum atomic E-state index is 0.296. The molecular weight excluding hydrogens is 198 g/mol. The lowest BCUT2D eigenvalue weighted by atomic mass is 10.1. The molecule has 2 heteroatoms. The Hall–Kier alpha value is -0.860. The first-order valence-corrected chi connectivity index (χ1v) is 6.38. The predicted molar refractivity (Wildman–Crippen MR) is 64.1 cm³/mol. The van der Waals surface area contributed by atoms with E-state index in [0.717, 1.165) is 6.54 Å². The summed E-state index contributed by atoms with van der Waals surface area (Å²) in [7, 11) is 0. The fraction of sp³-hybridized carbons (Fsp3) is 0.571. The molecule has 0 radical (unpaired) electrons. The van der Waals surface area contributed by atoms with Gasteiger partial charge in [-0.25, -0.2) is 0 Å². The molecule has 0 saturated carbocycles. The molecule has 2 atom stereocenters. The maximum Gasteiger partial charge on any atom is 0.111 e.